The second-order valence-electron chi connectivity index (χ2n) is 2.96. The zero-order chi connectivity index (χ0) is 9.10. The van der Waals surface area contributed by atoms with E-state index in [1.54, 1.807) is 0 Å². The molecule has 0 aliphatic heterocycles. The fourth-order valence-electron chi connectivity index (χ4n) is 1.33. The number of hydrogen-bond acceptors (Lipinski definition) is 1. The number of nitrogens with zero attached hydrogens (tertiary/aromatic N) is 1. The van der Waals surface area contributed by atoms with Gasteiger partial charge in [0, 0.05) is 28.7 Å². The molecule has 2 heteroatoms. The molecule has 0 spiro atoms. The van der Waals surface area contributed by atoms with E-state index in [1.165, 1.54) is 5.56 Å². The van der Waals surface area contributed by atoms with Gasteiger partial charge in [-0.05, 0) is 18.6 Å². The Morgan fingerprint density at radius 2 is 2.07 bits per heavy atom. The monoisotopic (exact) mass is 227 g/mol. The molecular formula is C12H10CoN-. The minimum absolute atomic E-state index is 0. The predicted octanol–water partition coefficient (Wildman–Crippen LogP) is 2.85. The van der Waals surface area contributed by atoms with Gasteiger partial charge in [-0.1, -0.05) is 6.07 Å². The van der Waals surface area contributed by atoms with Crippen LogP contribution in [0.1, 0.15) is 5.56 Å². The van der Waals surface area contributed by atoms with Crippen molar-refractivity contribution in [2.45, 2.75) is 6.92 Å². The molecule has 0 aliphatic rings. The number of pyridine rings is 1. The number of aromatic nitrogens is 1. The van der Waals surface area contributed by atoms with Crippen molar-refractivity contribution in [2.24, 2.45) is 0 Å². The Balaban J connectivity index is 0.000000980. The van der Waals surface area contributed by atoms with Gasteiger partial charge >= 0.3 is 0 Å². The number of rotatable bonds is 1. The first-order valence-corrected chi connectivity index (χ1v) is 4.26. The largest absolute Gasteiger partial charge is 0.269 e. The molecule has 0 N–H and O–H groups in total. The summed E-state index contributed by atoms with van der Waals surface area (Å²) in [5, 5.41) is 0. The third-order valence-electron chi connectivity index (χ3n) is 1.99. The molecule has 0 aliphatic carbocycles. The van der Waals surface area contributed by atoms with E-state index in [0.717, 1.165) is 11.3 Å². The average Bonchev–Trinajstić information content (AvgIpc) is 2.20. The van der Waals surface area contributed by atoms with E-state index >= 15 is 0 Å². The van der Waals surface area contributed by atoms with Gasteiger partial charge in [-0.2, -0.15) is 30.3 Å². The summed E-state index contributed by atoms with van der Waals surface area (Å²) in [6.45, 7) is 2.06. The number of aryl methyl sites for hydroxylation is 1. The maximum Gasteiger partial charge on any atom is 0.0262 e. The fourth-order valence-corrected chi connectivity index (χ4v) is 1.33. The molecule has 1 nitrogen and oxygen atoms in total. The first-order valence-electron chi connectivity index (χ1n) is 4.26. The Kier molecular flexibility index (Phi) is 3.86. The second-order valence-corrected chi connectivity index (χ2v) is 2.96. The molecule has 0 amide bonds. The smallest absolute Gasteiger partial charge is 0.0262 e. The average molecular weight is 227 g/mol. The molecule has 0 atom stereocenters. The van der Waals surface area contributed by atoms with Crippen LogP contribution in [-0.4, -0.2) is 4.98 Å². The van der Waals surface area contributed by atoms with Gasteiger partial charge in [-0.3, -0.25) is 4.98 Å². The summed E-state index contributed by atoms with van der Waals surface area (Å²) in [6.07, 6.45) is 1.81. The minimum atomic E-state index is 0. The van der Waals surface area contributed by atoms with Crippen molar-refractivity contribution in [1.82, 2.24) is 4.98 Å². The van der Waals surface area contributed by atoms with E-state index in [9.17, 15) is 0 Å². The summed E-state index contributed by atoms with van der Waals surface area (Å²) in [4.78, 5) is 4.33. The van der Waals surface area contributed by atoms with Crippen LogP contribution in [0.2, 0.25) is 0 Å². The summed E-state index contributed by atoms with van der Waals surface area (Å²) in [5.74, 6) is 0. The molecule has 1 heterocycles. The fraction of sp³-hybridized carbons (Fsp3) is 0.0833. The summed E-state index contributed by atoms with van der Waals surface area (Å²) < 4.78 is 0. The zero-order valence-electron chi connectivity index (χ0n) is 7.82. The third-order valence-corrected chi connectivity index (χ3v) is 1.99. The number of hydrogen-bond donors (Lipinski definition) is 0. The molecule has 0 saturated carbocycles. The van der Waals surface area contributed by atoms with Crippen LogP contribution >= 0.6 is 0 Å². The van der Waals surface area contributed by atoms with Gasteiger partial charge in [0.1, 0.15) is 0 Å². The predicted molar refractivity (Wildman–Crippen MR) is 53.2 cm³/mol. The molecule has 1 aromatic heterocycles. The summed E-state index contributed by atoms with van der Waals surface area (Å²) in [5.41, 5.74) is 3.36. The van der Waals surface area contributed by atoms with E-state index in [1.807, 2.05) is 36.5 Å². The van der Waals surface area contributed by atoms with Crippen LogP contribution in [0.5, 0.6) is 0 Å². The Morgan fingerprint density at radius 3 is 2.71 bits per heavy atom. The van der Waals surface area contributed by atoms with Crippen molar-refractivity contribution >= 4 is 0 Å². The molecule has 0 fully saturated rings. The van der Waals surface area contributed by atoms with Gasteiger partial charge in [0.15, 0.2) is 0 Å². The van der Waals surface area contributed by atoms with Gasteiger partial charge in [-0.25, -0.2) is 0 Å². The molecule has 1 radical (unpaired) electrons. The first kappa shape index (κ1) is 11.0. The Labute approximate surface area is 94.4 Å². The van der Waals surface area contributed by atoms with E-state index in [4.69, 9.17) is 0 Å². The van der Waals surface area contributed by atoms with Crippen molar-refractivity contribution < 1.29 is 16.8 Å². The van der Waals surface area contributed by atoms with Crippen molar-refractivity contribution in [3.8, 4) is 11.3 Å². The topological polar surface area (TPSA) is 12.9 Å². The maximum atomic E-state index is 4.33. The molecule has 0 unspecified atom stereocenters. The van der Waals surface area contributed by atoms with Gasteiger partial charge in [0.05, 0.1) is 0 Å². The summed E-state index contributed by atoms with van der Waals surface area (Å²) in [6, 6.07) is 14.9. The van der Waals surface area contributed by atoms with Crippen LogP contribution in [0.15, 0.2) is 42.6 Å². The van der Waals surface area contributed by atoms with Gasteiger partial charge in [0.2, 0.25) is 0 Å². The SMILES string of the molecule is Cc1cccnc1-c1c[c-]ccc1.[Co]. The molecule has 0 bridgehead atoms. The Bertz CT molecular complexity index is 398. The van der Waals surface area contributed by atoms with Crippen LogP contribution in [-0.2, 0) is 16.8 Å². The molecular weight excluding hydrogens is 217 g/mol. The van der Waals surface area contributed by atoms with Crippen LogP contribution in [0.25, 0.3) is 11.3 Å². The summed E-state index contributed by atoms with van der Waals surface area (Å²) in [7, 11) is 0. The van der Waals surface area contributed by atoms with Gasteiger partial charge in [-0.15, -0.1) is 5.56 Å². The maximum absolute atomic E-state index is 4.33. The molecule has 14 heavy (non-hydrogen) atoms. The molecule has 2 aromatic rings. The molecule has 2 rings (SSSR count). The molecule has 73 valence electrons. The van der Waals surface area contributed by atoms with E-state index in [2.05, 4.69) is 24.0 Å². The minimum Gasteiger partial charge on any atom is -0.269 e. The van der Waals surface area contributed by atoms with Crippen LogP contribution in [0, 0.1) is 13.0 Å². The summed E-state index contributed by atoms with van der Waals surface area (Å²) >= 11 is 0. The third kappa shape index (κ3) is 2.22. The second kappa shape index (κ2) is 4.93. The van der Waals surface area contributed by atoms with Crippen LogP contribution in [0.4, 0.5) is 0 Å². The Hall–Kier alpha value is -1.12. The molecule has 1 aromatic carbocycles. The van der Waals surface area contributed by atoms with Crippen LogP contribution in [0.3, 0.4) is 0 Å². The van der Waals surface area contributed by atoms with Crippen molar-refractivity contribution in [3.63, 3.8) is 0 Å². The normalized spacial score (nSPS) is 9.21. The van der Waals surface area contributed by atoms with Gasteiger partial charge in [0.25, 0.3) is 0 Å². The van der Waals surface area contributed by atoms with Crippen molar-refractivity contribution in [2.75, 3.05) is 0 Å². The van der Waals surface area contributed by atoms with E-state index < -0.39 is 0 Å². The zero-order valence-corrected chi connectivity index (χ0v) is 8.86. The van der Waals surface area contributed by atoms with E-state index in [-0.39, 0.29) is 16.8 Å². The standard InChI is InChI=1S/C12H10N.Co/c1-10-6-5-9-13-12(10)11-7-3-2-4-8-11;/h2-3,5-9H,1H3;/q-1;. The quantitative estimate of drug-likeness (QED) is 0.682. The first-order chi connectivity index (χ1) is 6.38. The van der Waals surface area contributed by atoms with Crippen LogP contribution < -0.4 is 0 Å². The molecule has 0 saturated heterocycles. The number of benzene rings is 1. The van der Waals surface area contributed by atoms with Crippen molar-refractivity contribution in [1.29, 1.82) is 0 Å². The van der Waals surface area contributed by atoms with Gasteiger partial charge < -0.3 is 0 Å². The van der Waals surface area contributed by atoms with Crippen molar-refractivity contribution in [3.05, 3.63) is 54.2 Å². The van der Waals surface area contributed by atoms with E-state index in [0.29, 0.717) is 0 Å². The Morgan fingerprint density at radius 1 is 1.21 bits per heavy atom.